The number of aliphatic hydroxyl groups excluding tert-OH is 1. The van der Waals surface area contributed by atoms with Crippen LogP contribution in [0.4, 0.5) is 17.6 Å². The largest absolute Gasteiger partial charge is 0.450 e. The number of nitrogens with one attached hydrogen (secondary N) is 2. The molecule has 1 amide bonds. The van der Waals surface area contributed by atoms with Crippen LogP contribution in [0.1, 0.15) is 40.2 Å². The quantitative estimate of drug-likeness (QED) is 0.576. The van der Waals surface area contributed by atoms with Crippen LogP contribution in [-0.2, 0) is 6.42 Å². The summed E-state index contributed by atoms with van der Waals surface area (Å²) in [5, 5.41) is 17.8. The number of amidine groups is 1. The number of aliphatic imine (C=N–C) groups is 1. The Bertz CT molecular complexity index is 1210. The van der Waals surface area contributed by atoms with Gasteiger partial charge in [-0.15, -0.1) is 0 Å². The van der Waals surface area contributed by atoms with Gasteiger partial charge >= 0.3 is 6.18 Å². The van der Waals surface area contributed by atoms with Crippen LogP contribution in [0.25, 0.3) is 0 Å². The Balaban J connectivity index is 1.58. The lowest BCUT2D eigenvalue weighted by atomic mass is 9.95. The van der Waals surface area contributed by atoms with Gasteiger partial charge in [-0.05, 0) is 24.6 Å². The fraction of sp³-hybridized carbons (Fsp3) is 0.304. The second-order valence-corrected chi connectivity index (χ2v) is 8.03. The minimum Gasteiger partial charge on any atom is -0.368 e. The molecule has 4 rings (SSSR count). The van der Waals surface area contributed by atoms with Crippen molar-refractivity contribution < 1.29 is 27.5 Å². The molecular formula is C23H22F4N6O2. The maximum atomic E-state index is 14.7. The van der Waals surface area contributed by atoms with Crippen LogP contribution < -0.4 is 10.9 Å². The van der Waals surface area contributed by atoms with E-state index in [4.69, 9.17) is 0 Å². The van der Waals surface area contributed by atoms with Crippen molar-refractivity contribution in [1.29, 1.82) is 0 Å². The molecule has 35 heavy (non-hydrogen) atoms. The van der Waals surface area contributed by atoms with Crippen LogP contribution >= 0.6 is 0 Å². The van der Waals surface area contributed by atoms with E-state index in [1.54, 1.807) is 25.1 Å². The summed E-state index contributed by atoms with van der Waals surface area (Å²) >= 11 is 0. The van der Waals surface area contributed by atoms with Crippen molar-refractivity contribution in [1.82, 2.24) is 15.8 Å². The second kappa shape index (κ2) is 9.82. The summed E-state index contributed by atoms with van der Waals surface area (Å²) in [5.74, 6) is -2.73. The van der Waals surface area contributed by atoms with E-state index >= 15 is 0 Å². The van der Waals surface area contributed by atoms with Gasteiger partial charge in [0.2, 0.25) is 5.84 Å². The standard InChI is InChI=1S/C23H22F4N6O2/c1-13-12-29-32-22(23(25,26)27)28-8-9-33(13)21(35)17-10-14(6-7-18(17)24)11-19-15-4-2-3-5-16(15)20(34)31-30-19/h2-7,10,12-13,20,31,34H,8-9,11H2,1H3,(H,28,32)/b29-12+. The molecule has 2 atom stereocenters. The summed E-state index contributed by atoms with van der Waals surface area (Å²) < 4.78 is 53.7. The van der Waals surface area contributed by atoms with Crippen LogP contribution in [0.3, 0.4) is 0 Å². The first-order valence-electron chi connectivity index (χ1n) is 10.7. The number of hydrogen-bond donors (Lipinski definition) is 3. The number of fused-ring (bicyclic) bond motifs is 1. The van der Waals surface area contributed by atoms with E-state index in [0.717, 1.165) is 17.8 Å². The number of carbonyl (C=O) groups is 1. The number of nitrogens with zero attached hydrogens (tertiary/aromatic N) is 4. The third-order valence-corrected chi connectivity index (χ3v) is 5.61. The van der Waals surface area contributed by atoms with Gasteiger partial charge in [0.1, 0.15) is 5.82 Å². The lowest BCUT2D eigenvalue weighted by molar-refractivity contribution is -0.0619. The number of benzene rings is 2. The summed E-state index contributed by atoms with van der Waals surface area (Å²) in [4.78, 5) is 17.9. The van der Waals surface area contributed by atoms with Gasteiger partial charge in [0, 0.05) is 30.3 Å². The molecule has 0 spiro atoms. The van der Waals surface area contributed by atoms with Crippen molar-refractivity contribution in [2.75, 3.05) is 13.1 Å². The average Bonchev–Trinajstić information content (AvgIpc) is 2.92. The summed E-state index contributed by atoms with van der Waals surface area (Å²) in [7, 11) is 0. The summed E-state index contributed by atoms with van der Waals surface area (Å²) in [6.45, 7) is 1.05. The van der Waals surface area contributed by atoms with E-state index in [9.17, 15) is 27.5 Å². The number of alkyl halides is 3. The molecule has 12 heteroatoms. The van der Waals surface area contributed by atoms with Crippen LogP contribution in [0.15, 0.2) is 57.7 Å². The van der Waals surface area contributed by atoms with Crippen molar-refractivity contribution in [2.24, 2.45) is 15.2 Å². The number of aliphatic hydroxyl groups is 1. The molecule has 2 unspecified atom stereocenters. The highest BCUT2D eigenvalue weighted by atomic mass is 19.4. The maximum absolute atomic E-state index is 14.7. The van der Waals surface area contributed by atoms with Gasteiger partial charge in [-0.2, -0.15) is 23.4 Å². The summed E-state index contributed by atoms with van der Waals surface area (Å²) in [6, 6.07) is 10.5. The lowest BCUT2D eigenvalue weighted by Gasteiger charge is -2.26. The Kier molecular flexibility index (Phi) is 6.83. The van der Waals surface area contributed by atoms with Crippen molar-refractivity contribution in [2.45, 2.75) is 31.8 Å². The van der Waals surface area contributed by atoms with Gasteiger partial charge in [0.25, 0.3) is 5.91 Å². The first-order valence-corrected chi connectivity index (χ1v) is 10.7. The maximum Gasteiger partial charge on any atom is 0.450 e. The van der Waals surface area contributed by atoms with Crippen molar-refractivity contribution in [3.63, 3.8) is 0 Å². The Hall–Kier alpha value is -3.80. The zero-order chi connectivity index (χ0) is 25.2. The van der Waals surface area contributed by atoms with Gasteiger partial charge in [-0.3, -0.25) is 20.6 Å². The molecule has 0 bridgehead atoms. The molecule has 8 nitrogen and oxygen atoms in total. The highest BCUT2D eigenvalue weighted by Crippen LogP contribution is 2.24. The second-order valence-electron chi connectivity index (χ2n) is 8.03. The molecule has 2 heterocycles. The van der Waals surface area contributed by atoms with Crippen molar-refractivity contribution in [3.8, 4) is 0 Å². The number of rotatable bonds is 3. The molecule has 0 aromatic heterocycles. The van der Waals surface area contributed by atoms with E-state index < -0.39 is 36.0 Å². The van der Waals surface area contributed by atoms with Gasteiger partial charge in [0.15, 0.2) is 6.23 Å². The SMILES string of the molecule is CC1/C=N/NC(C(F)(F)F)=NCCN1C(=O)c1cc(CC2=NNC(O)c3ccccc32)ccc1F. The fourth-order valence-corrected chi connectivity index (χ4v) is 3.83. The molecule has 0 fully saturated rings. The van der Waals surface area contributed by atoms with E-state index in [-0.39, 0.29) is 25.1 Å². The van der Waals surface area contributed by atoms with Crippen LogP contribution in [0, 0.1) is 5.82 Å². The smallest absolute Gasteiger partial charge is 0.368 e. The summed E-state index contributed by atoms with van der Waals surface area (Å²) in [6.07, 6.45) is -4.28. The predicted molar refractivity (Wildman–Crippen MR) is 122 cm³/mol. The lowest BCUT2D eigenvalue weighted by Crippen LogP contribution is -2.41. The highest BCUT2D eigenvalue weighted by Gasteiger charge is 2.36. The van der Waals surface area contributed by atoms with E-state index in [1.807, 2.05) is 11.5 Å². The zero-order valence-electron chi connectivity index (χ0n) is 18.6. The monoisotopic (exact) mass is 490 g/mol. The molecule has 2 aromatic rings. The molecule has 3 N–H and O–H groups in total. The van der Waals surface area contributed by atoms with Crippen LogP contribution in [0.5, 0.6) is 0 Å². The minimum absolute atomic E-state index is 0.168. The zero-order valence-corrected chi connectivity index (χ0v) is 18.6. The van der Waals surface area contributed by atoms with Gasteiger partial charge in [-0.1, -0.05) is 30.3 Å². The average molecular weight is 490 g/mol. The number of hydrogen-bond acceptors (Lipinski definition) is 7. The highest BCUT2D eigenvalue weighted by molar-refractivity contribution is 6.04. The van der Waals surface area contributed by atoms with E-state index in [2.05, 4.69) is 20.6 Å². The van der Waals surface area contributed by atoms with Crippen LogP contribution in [-0.4, -0.2) is 59.0 Å². The summed E-state index contributed by atoms with van der Waals surface area (Å²) in [5.41, 5.74) is 6.81. The van der Waals surface area contributed by atoms with E-state index in [0.29, 0.717) is 16.8 Å². The minimum atomic E-state index is -4.72. The third-order valence-electron chi connectivity index (χ3n) is 5.61. The van der Waals surface area contributed by atoms with Gasteiger partial charge in [0.05, 0.1) is 23.9 Å². The van der Waals surface area contributed by atoms with Gasteiger partial charge < -0.3 is 10.0 Å². The van der Waals surface area contributed by atoms with Crippen LogP contribution in [0.2, 0.25) is 0 Å². The molecule has 0 radical (unpaired) electrons. The first kappa shape index (κ1) is 24.3. The molecule has 2 aliphatic heterocycles. The fourth-order valence-electron chi connectivity index (χ4n) is 3.83. The van der Waals surface area contributed by atoms with Crippen molar-refractivity contribution in [3.05, 3.63) is 70.5 Å². The molecule has 184 valence electrons. The molecule has 2 aromatic carbocycles. The first-order chi connectivity index (χ1) is 16.6. The predicted octanol–water partition coefficient (Wildman–Crippen LogP) is 2.75. The number of amides is 1. The van der Waals surface area contributed by atoms with E-state index in [1.165, 1.54) is 17.0 Å². The number of halogens is 4. The Morgan fingerprint density at radius 1 is 1.23 bits per heavy atom. The Morgan fingerprint density at radius 2 is 2.00 bits per heavy atom. The Labute approximate surface area is 198 Å². The van der Waals surface area contributed by atoms with Crippen molar-refractivity contribution >= 4 is 23.7 Å². The molecule has 0 saturated heterocycles. The number of hydrazone groups is 2. The molecule has 0 aliphatic carbocycles. The normalized spacial score (nSPS) is 21.3. The number of carbonyl (C=O) groups excluding carboxylic acids is 1. The molecule has 2 aliphatic rings. The topological polar surface area (TPSA) is 102 Å². The third kappa shape index (κ3) is 5.32. The Morgan fingerprint density at radius 3 is 2.77 bits per heavy atom. The molecule has 0 saturated carbocycles. The molecular weight excluding hydrogens is 468 g/mol. The van der Waals surface area contributed by atoms with Gasteiger partial charge in [-0.25, -0.2) is 4.39 Å².